The van der Waals surface area contributed by atoms with Crippen molar-refractivity contribution < 1.29 is 24.2 Å². The summed E-state index contributed by atoms with van der Waals surface area (Å²) in [7, 11) is 1.46. The molecule has 0 bridgehead atoms. The van der Waals surface area contributed by atoms with Gasteiger partial charge in [0.2, 0.25) is 11.8 Å². The van der Waals surface area contributed by atoms with Crippen molar-refractivity contribution in [2.24, 2.45) is 0 Å². The number of hydrogen-bond donors (Lipinski definition) is 4. The predicted molar refractivity (Wildman–Crippen MR) is 114 cm³/mol. The molecule has 3 N–H and O–H groups in total. The van der Waals surface area contributed by atoms with E-state index in [1.807, 2.05) is 0 Å². The lowest BCUT2D eigenvalue weighted by Gasteiger charge is -2.31. The Morgan fingerprint density at radius 2 is 1.83 bits per heavy atom. The number of thiol groups is 1. The van der Waals surface area contributed by atoms with E-state index in [0.717, 1.165) is 0 Å². The van der Waals surface area contributed by atoms with Gasteiger partial charge in [-0.15, -0.1) is 0 Å². The van der Waals surface area contributed by atoms with Crippen LogP contribution in [0.4, 0.5) is 4.79 Å². The van der Waals surface area contributed by atoms with Crippen LogP contribution in [0.2, 0.25) is 0 Å². The van der Waals surface area contributed by atoms with Gasteiger partial charge in [-0.25, -0.2) is 4.79 Å². The smallest absolute Gasteiger partial charge is 0.408 e. The lowest BCUT2D eigenvalue weighted by molar-refractivity contribution is -0.140. The Hall–Kier alpha value is -2.42. The largest absolute Gasteiger partial charge is 0.508 e. The molecule has 2 atom stereocenters. The lowest BCUT2D eigenvalue weighted by Crippen LogP contribution is -2.52. The van der Waals surface area contributed by atoms with Gasteiger partial charge >= 0.3 is 6.09 Å². The standard InChI is InChI=1S/C20H31N3O5S/c1-12(2)21-17(25)16(13-8-7-9-14(24)10-13)23(6)18(26)15(11-29)22-19(27)28-20(3,4)5/h7-10,12,15-16,24,29H,11H2,1-6H3,(H,21,25)(H,22,27). The Balaban J connectivity index is 3.12. The normalized spacial score (nSPS) is 13.4. The van der Waals surface area contributed by atoms with Crippen LogP contribution < -0.4 is 10.6 Å². The molecule has 0 aliphatic carbocycles. The van der Waals surface area contributed by atoms with Crippen molar-refractivity contribution >= 4 is 30.5 Å². The van der Waals surface area contributed by atoms with Gasteiger partial charge in [0.25, 0.3) is 0 Å². The van der Waals surface area contributed by atoms with E-state index in [1.165, 1.54) is 24.1 Å². The second-order valence-electron chi connectivity index (χ2n) is 7.99. The third kappa shape index (κ3) is 7.84. The molecular weight excluding hydrogens is 394 g/mol. The number of phenols is 1. The Morgan fingerprint density at radius 3 is 2.31 bits per heavy atom. The highest BCUT2D eigenvalue weighted by atomic mass is 32.1. The summed E-state index contributed by atoms with van der Waals surface area (Å²) in [5.41, 5.74) is -0.282. The van der Waals surface area contributed by atoms with Crippen LogP contribution in [0.5, 0.6) is 5.75 Å². The fourth-order valence-electron chi connectivity index (χ4n) is 2.62. The first kappa shape index (κ1) is 24.6. The van der Waals surface area contributed by atoms with E-state index in [0.29, 0.717) is 5.56 Å². The van der Waals surface area contributed by atoms with Crippen molar-refractivity contribution in [1.29, 1.82) is 0 Å². The van der Waals surface area contributed by atoms with Crippen LogP contribution in [0, 0.1) is 0 Å². The monoisotopic (exact) mass is 425 g/mol. The summed E-state index contributed by atoms with van der Waals surface area (Å²) in [6, 6.07) is 3.99. The molecule has 0 saturated carbocycles. The molecule has 1 aromatic carbocycles. The van der Waals surface area contributed by atoms with Crippen LogP contribution in [-0.2, 0) is 14.3 Å². The average molecular weight is 426 g/mol. The van der Waals surface area contributed by atoms with E-state index >= 15 is 0 Å². The average Bonchev–Trinajstić information content (AvgIpc) is 2.57. The van der Waals surface area contributed by atoms with E-state index in [2.05, 4.69) is 23.3 Å². The third-order valence-electron chi connectivity index (χ3n) is 3.77. The van der Waals surface area contributed by atoms with Gasteiger partial charge in [-0.1, -0.05) is 12.1 Å². The summed E-state index contributed by atoms with van der Waals surface area (Å²) in [6.07, 6.45) is -0.751. The maximum atomic E-state index is 13.0. The molecule has 8 nitrogen and oxygen atoms in total. The first-order chi connectivity index (χ1) is 13.4. The molecule has 29 heavy (non-hydrogen) atoms. The number of likely N-dealkylation sites (N-methyl/N-ethyl adjacent to an activating group) is 1. The minimum atomic E-state index is -1.00. The minimum Gasteiger partial charge on any atom is -0.508 e. The summed E-state index contributed by atoms with van der Waals surface area (Å²) in [6.45, 7) is 8.75. The summed E-state index contributed by atoms with van der Waals surface area (Å²) in [4.78, 5) is 39.1. The van der Waals surface area contributed by atoms with Gasteiger partial charge in [-0.2, -0.15) is 12.6 Å². The number of nitrogens with zero attached hydrogens (tertiary/aromatic N) is 1. The fraction of sp³-hybridized carbons (Fsp3) is 0.550. The minimum absolute atomic E-state index is 0.0149. The van der Waals surface area contributed by atoms with Crippen molar-refractivity contribution in [3.05, 3.63) is 29.8 Å². The first-order valence-electron chi connectivity index (χ1n) is 9.32. The van der Waals surface area contributed by atoms with Crippen molar-refractivity contribution in [2.75, 3.05) is 12.8 Å². The molecule has 162 valence electrons. The quantitative estimate of drug-likeness (QED) is 0.501. The number of amides is 3. The van der Waals surface area contributed by atoms with E-state index in [-0.39, 0.29) is 17.5 Å². The highest BCUT2D eigenvalue weighted by Crippen LogP contribution is 2.24. The van der Waals surface area contributed by atoms with Gasteiger partial charge in [0.05, 0.1) is 0 Å². The van der Waals surface area contributed by atoms with Crippen LogP contribution in [-0.4, -0.2) is 58.4 Å². The molecule has 1 aromatic rings. The maximum Gasteiger partial charge on any atom is 0.408 e. The van der Waals surface area contributed by atoms with Crippen molar-refractivity contribution in [3.63, 3.8) is 0 Å². The zero-order chi connectivity index (χ0) is 22.4. The third-order valence-corrected chi connectivity index (χ3v) is 4.14. The Morgan fingerprint density at radius 1 is 1.21 bits per heavy atom. The topological polar surface area (TPSA) is 108 Å². The van der Waals surface area contributed by atoms with E-state index in [9.17, 15) is 19.5 Å². The molecule has 0 heterocycles. The molecule has 9 heteroatoms. The van der Waals surface area contributed by atoms with Gasteiger partial charge in [0.1, 0.15) is 23.4 Å². The highest BCUT2D eigenvalue weighted by Gasteiger charge is 2.33. The molecule has 0 aromatic heterocycles. The SMILES string of the molecule is CC(C)NC(=O)C(c1cccc(O)c1)N(C)C(=O)C(CS)NC(=O)OC(C)(C)C. The van der Waals surface area contributed by atoms with E-state index in [4.69, 9.17) is 4.74 Å². The lowest BCUT2D eigenvalue weighted by atomic mass is 10.0. The molecular formula is C20H31N3O5S. The van der Waals surface area contributed by atoms with E-state index < -0.39 is 35.6 Å². The number of rotatable bonds is 7. The molecule has 0 aliphatic heterocycles. The van der Waals surface area contributed by atoms with Crippen LogP contribution in [0.1, 0.15) is 46.2 Å². The number of ether oxygens (including phenoxy) is 1. The predicted octanol–water partition coefficient (Wildman–Crippen LogP) is 2.24. The van der Waals surface area contributed by atoms with Gasteiger partial charge in [-0.05, 0) is 52.3 Å². The fourth-order valence-corrected chi connectivity index (χ4v) is 2.87. The van der Waals surface area contributed by atoms with Crippen LogP contribution >= 0.6 is 12.6 Å². The molecule has 1 rings (SSSR count). The molecule has 3 amide bonds. The van der Waals surface area contributed by atoms with Gasteiger partial charge in [-0.3, -0.25) is 9.59 Å². The molecule has 0 aliphatic rings. The Bertz CT molecular complexity index is 733. The number of carbonyl (C=O) groups is 3. The number of aromatic hydroxyl groups is 1. The van der Waals surface area contributed by atoms with Crippen molar-refractivity contribution in [3.8, 4) is 5.75 Å². The summed E-state index contributed by atoms with van der Waals surface area (Å²) < 4.78 is 5.19. The number of phenolic OH excluding ortho intramolecular Hbond substituents is 1. The molecule has 0 radical (unpaired) electrons. The Labute approximate surface area is 177 Å². The van der Waals surface area contributed by atoms with Crippen LogP contribution in [0.3, 0.4) is 0 Å². The number of alkyl carbamates (subject to hydrolysis) is 1. The first-order valence-corrected chi connectivity index (χ1v) is 9.95. The van der Waals surface area contributed by atoms with Gasteiger partial charge in [0.15, 0.2) is 0 Å². The number of nitrogens with one attached hydrogen (secondary N) is 2. The summed E-state index contributed by atoms with van der Waals surface area (Å²) in [5, 5.41) is 15.1. The summed E-state index contributed by atoms with van der Waals surface area (Å²) >= 11 is 4.16. The van der Waals surface area contributed by atoms with Gasteiger partial charge < -0.3 is 25.4 Å². The van der Waals surface area contributed by atoms with Crippen LogP contribution in [0.25, 0.3) is 0 Å². The molecule has 0 spiro atoms. The number of benzene rings is 1. The van der Waals surface area contributed by atoms with Crippen molar-refractivity contribution in [2.45, 2.75) is 58.3 Å². The Kier molecular flexibility index (Phi) is 8.81. The zero-order valence-electron chi connectivity index (χ0n) is 17.7. The molecule has 0 saturated heterocycles. The highest BCUT2D eigenvalue weighted by molar-refractivity contribution is 7.80. The van der Waals surface area contributed by atoms with Crippen LogP contribution in [0.15, 0.2) is 24.3 Å². The number of hydrogen-bond acceptors (Lipinski definition) is 6. The maximum absolute atomic E-state index is 13.0. The zero-order valence-corrected chi connectivity index (χ0v) is 18.6. The molecule has 2 unspecified atom stereocenters. The summed E-state index contributed by atoms with van der Waals surface area (Å²) in [5.74, 6) is -0.931. The second kappa shape index (κ2) is 10.4. The molecule has 0 fully saturated rings. The number of carbonyl (C=O) groups excluding carboxylic acids is 3. The van der Waals surface area contributed by atoms with Crippen molar-refractivity contribution in [1.82, 2.24) is 15.5 Å². The second-order valence-corrected chi connectivity index (χ2v) is 8.36. The van der Waals surface area contributed by atoms with E-state index in [1.54, 1.807) is 46.8 Å². The van der Waals surface area contributed by atoms with Gasteiger partial charge in [0, 0.05) is 18.8 Å².